The predicted octanol–water partition coefficient (Wildman–Crippen LogP) is 3.06. The van der Waals surface area contributed by atoms with E-state index in [4.69, 9.17) is 0 Å². The Hall–Kier alpha value is -0.870. The Labute approximate surface area is 106 Å². The van der Waals surface area contributed by atoms with Gasteiger partial charge in [0.25, 0.3) is 0 Å². The number of aryl methyl sites for hydroxylation is 1. The van der Waals surface area contributed by atoms with E-state index in [1.54, 1.807) is 11.3 Å². The molecule has 1 atom stereocenters. The molecule has 1 aliphatic rings. The number of aliphatic carboxylic acids is 1. The fourth-order valence-corrected chi connectivity index (χ4v) is 3.42. The van der Waals surface area contributed by atoms with E-state index in [-0.39, 0.29) is 0 Å². The summed E-state index contributed by atoms with van der Waals surface area (Å²) in [7, 11) is 0. The summed E-state index contributed by atoms with van der Waals surface area (Å²) in [4.78, 5) is 15.8. The molecule has 2 heterocycles. The predicted molar refractivity (Wildman–Crippen MR) is 69.5 cm³/mol. The van der Waals surface area contributed by atoms with Gasteiger partial charge >= 0.3 is 5.97 Å². The highest BCUT2D eigenvalue weighted by Crippen LogP contribution is 2.29. The molecule has 1 fully saturated rings. The van der Waals surface area contributed by atoms with Crippen molar-refractivity contribution in [3.8, 4) is 0 Å². The van der Waals surface area contributed by atoms with E-state index in [1.165, 1.54) is 17.7 Å². The van der Waals surface area contributed by atoms with Gasteiger partial charge in [-0.3, -0.25) is 9.69 Å². The van der Waals surface area contributed by atoms with Crippen LogP contribution in [-0.4, -0.2) is 29.1 Å². The van der Waals surface area contributed by atoms with Crippen molar-refractivity contribution in [2.45, 2.75) is 38.6 Å². The minimum Gasteiger partial charge on any atom is -0.480 e. The van der Waals surface area contributed by atoms with Crippen LogP contribution in [-0.2, 0) is 4.79 Å². The van der Waals surface area contributed by atoms with Crippen LogP contribution >= 0.6 is 11.3 Å². The van der Waals surface area contributed by atoms with E-state index in [0.29, 0.717) is 0 Å². The van der Waals surface area contributed by atoms with Gasteiger partial charge in [-0.2, -0.15) is 0 Å². The molecule has 1 aromatic rings. The van der Waals surface area contributed by atoms with Gasteiger partial charge in [0, 0.05) is 9.75 Å². The van der Waals surface area contributed by atoms with Crippen LogP contribution in [0.4, 0.5) is 0 Å². The molecular formula is C13H19NO2S. The zero-order valence-corrected chi connectivity index (χ0v) is 11.0. The van der Waals surface area contributed by atoms with Gasteiger partial charge in [-0.15, -0.1) is 11.3 Å². The van der Waals surface area contributed by atoms with Crippen LogP contribution in [0.5, 0.6) is 0 Å². The minimum atomic E-state index is -0.714. The van der Waals surface area contributed by atoms with Crippen molar-refractivity contribution in [2.75, 3.05) is 13.1 Å². The van der Waals surface area contributed by atoms with E-state index >= 15 is 0 Å². The molecule has 0 spiro atoms. The lowest BCUT2D eigenvalue weighted by atomic mass is 10.2. The number of hydrogen-bond acceptors (Lipinski definition) is 3. The van der Waals surface area contributed by atoms with Crippen molar-refractivity contribution in [2.24, 2.45) is 0 Å². The number of rotatable bonds is 3. The number of hydrogen-bond donors (Lipinski definition) is 1. The molecule has 1 saturated heterocycles. The summed E-state index contributed by atoms with van der Waals surface area (Å²) >= 11 is 1.60. The molecule has 4 heteroatoms. The third kappa shape index (κ3) is 3.07. The van der Waals surface area contributed by atoms with Gasteiger partial charge in [0.2, 0.25) is 0 Å². The lowest BCUT2D eigenvalue weighted by molar-refractivity contribution is -0.143. The van der Waals surface area contributed by atoms with Gasteiger partial charge in [-0.05, 0) is 45.0 Å². The molecule has 0 bridgehead atoms. The second-order valence-corrected chi connectivity index (χ2v) is 5.96. The summed E-state index contributed by atoms with van der Waals surface area (Å²) in [6, 6.07) is 3.53. The molecule has 0 aliphatic carbocycles. The molecule has 2 rings (SSSR count). The third-order valence-corrected chi connectivity index (χ3v) is 4.32. The lowest BCUT2D eigenvalue weighted by Gasteiger charge is -2.26. The van der Waals surface area contributed by atoms with Gasteiger partial charge in [0.1, 0.15) is 6.04 Å². The summed E-state index contributed by atoms with van der Waals surface area (Å²) in [5, 5.41) is 9.45. The molecule has 3 nitrogen and oxygen atoms in total. The van der Waals surface area contributed by atoms with Crippen LogP contribution in [0.25, 0.3) is 0 Å². The number of carboxylic acids is 1. The van der Waals surface area contributed by atoms with Gasteiger partial charge in [-0.1, -0.05) is 12.8 Å². The summed E-state index contributed by atoms with van der Waals surface area (Å²) in [6.07, 6.45) is 4.70. The van der Waals surface area contributed by atoms with Crippen molar-refractivity contribution in [1.29, 1.82) is 0 Å². The first-order valence-electron chi connectivity index (χ1n) is 6.21. The molecular weight excluding hydrogens is 234 g/mol. The molecule has 17 heavy (non-hydrogen) atoms. The van der Waals surface area contributed by atoms with E-state index in [9.17, 15) is 9.90 Å². The normalized spacial score (nSPS) is 19.8. The van der Waals surface area contributed by atoms with E-state index in [1.807, 2.05) is 19.1 Å². The number of likely N-dealkylation sites (tertiary alicyclic amines) is 1. The maximum atomic E-state index is 11.5. The highest BCUT2D eigenvalue weighted by molar-refractivity contribution is 7.12. The van der Waals surface area contributed by atoms with E-state index in [2.05, 4.69) is 4.90 Å². The Kier molecular flexibility index (Phi) is 4.18. The molecule has 0 radical (unpaired) electrons. The van der Waals surface area contributed by atoms with Crippen LogP contribution in [0.1, 0.15) is 41.5 Å². The van der Waals surface area contributed by atoms with Crippen LogP contribution < -0.4 is 0 Å². The van der Waals surface area contributed by atoms with Gasteiger partial charge in [0.05, 0.1) is 0 Å². The SMILES string of the molecule is Cc1ccc(C(C(=O)O)N2CCCCCC2)s1. The number of carbonyl (C=O) groups is 1. The summed E-state index contributed by atoms with van der Waals surface area (Å²) in [5.74, 6) is -0.714. The van der Waals surface area contributed by atoms with Gasteiger partial charge in [0.15, 0.2) is 0 Å². The average molecular weight is 253 g/mol. The Morgan fingerprint density at radius 2 is 1.94 bits per heavy atom. The van der Waals surface area contributed by atoms with Crippen molar-refractivity contribution in [3.05, 3.63) is 21.9 Å². The second-order valence-electron chi connectivity index (χ2n) is 4.64. The van der Waals surface area contributed by atoms with Crippen molar-refractivity contribution in [3.63, 3.8) is 0 Å². The monoisotopic (exact) mass is 253 g/mol. The fourth-order valence-electron chi connectivity index (χ4n) is 2.41. The first-order chi connectivity index (χ1) is 8.18. The first-order valence-corrected chi connectivity index (χ1v) is 7.03. The topological polar surface area (TPSA) is 40.5 Å². The van der Waals surface area contributed by atoms with Gasteiger partial charge in [-0.25, -0.2) is 0 Å². The van der Waals surface area contributed by atoms with Gasteiger partial charge < -0.3 is 5.11 Å². The van der Waals surface area contributed by atoms with E-state index in [0.717, 1.165) is 30.8 Å². The van der Waals surface area contributed by atoms with Crippen LogP contribution in [0.3, 0.4) is 0 Å². The van der Waals surface area contributed by atoms with Crippen LogP contribution in [0, 0.1) is 6.92 Å². The molecule has 1 N–H and O–H groups in total. The Balaban J connectivity index is 2.18. The van der Waals surface area contributed by atoms with Crippen LogP contribution in [0.2, 0.25) is 0 Å². The largest absolute Gasteiger partial charge is 0.480 e. The first kappa shape index (κ1) is 12.6. The summed E-state index contributed by atoms with van der Waals surface area (Å²) in [5.41, 5.74) is 0. The highest BCUT2D eigenvalue weighted by atomic mass is 32.1. The zero-order chi connectivity index (χ0) is 12.3. The highest BCUT2D eigenvalue weighted by Gasteiger charge is 2.28. The van der Waals surface area contributed by atoms with E-state index < -0.39 is 12.0 Å². The Bertz CT molecular complexity index is 381. The molecule has 0 amide bonds. The quantitative estimate of drug-likeness (QED) is 0.900. The summed E-state index contributed by atoms with van der Waals surface area (Å²) in [6.45, 7) is 3.84. The lowest BCUT2D eigenvalue weighted by Crippen LogP contribution is -2.34. The fraction of sp³-hybridized carbons (Fsp3) is 0.615. The summed E-state index contributed by atoms with van der Waals surface area (Å²) < 4.78 is 0. The Morgan fingerprint density at radius 3 is 2.41 bits per heavy atom. The third-order valence-electron chi connectivity index (χ3n) is 3.27. The number of thiophene rings is 1. The standard InChI is InChI=1S/C13H19NO2S/c1-10-6-7-11(17-10)12(13(15)16)14-8-4-2-3-5-9-14/h6-7,12H,2-5,8-9H2,1H3,(H,15,16). The minimum absolute atomic E-state index is 0.438. The Morgan fingerprint density at radius 1 is 1.29 bits per heavy atom. The van der Waals surface area contributed by atoms with Crippen molar-refractivity contribution >= 4 is 17.3 Å². The number of carboxylic acid groups (broad SMARTS) is 1. The molecule has 0 aromatic carbocycles. The van der Waals surface area contributed by atoms with Crippen LogP contribution in [0.15, 0.2) is 12.1 Å². The molecule has 0 saturated carbocycles. The van der Waals surface area contributed by atoms with Crippen molar-refractivity contribution < 1.29 is 9.90 Å². The molecule has 1 unspecified atom stereocenters. The molecule has 94 valence electrons. The average Bonchev–Trinajstić information content (AvgIpc) is 2.53. The smallest absolute Gasteiger partial charge is 0.326 e. The van der Waals surface area contributed by atoms with Crippen molar-refractivity contribution in [1.82, 2.24) is 4.90 Å². The maximum Gasteiger partial charge on any atom is 0.326 e. The molecule has 1 aliphatic heterocycles. The maximum absolute atomic E-state index is 11.5. The second kappa shape index (κ2) is 5.65. The number of nitrogens with zero attached hydrogens (tertiary/aromatic N) is 1. The molecule has 1 aromatic heterocycles. The zero-order valence-electron chi connectivity index (χ0n) is 10.2.